The van der Waals surface area contributed by atoms with Gasteiger partial charge in [0.1, 0.15) is 29.3 Å². The minimum atomic E-state index is 0.414. The molecule has 0 unspecified atom stereocenters. The van der Waals surface area contributed by atoms with Gasteiger partial charge >= 0.3 is 0 Å². The van der Waals surface area contributed by atoms with Crippen LogP contribution in [0.3, 0.4) is 0 Å². The molecule has 0 fully saturated rings. The van der Waals surface area contributed by atoms with Crippen LogP contribution in [0.1, 0.15) is 5.56 Å². The maximum atomic E-state index is 10.7. The van der Waals surface area contributed by atoms with Crippen LogP contribution < -0.4 is 9.47 Å². The summed E-state index contributed by atoms with van der Waals surface area (Å²) in [6.07, 6.45) is 4.65. The number of aromatic nitrogens is 1. The molecule has 0 radical (unpaired) electrons. The van der Waals surface area contributed by atoms with E-state index in [4.69, 9.17) is 21.1 Å². The van der Waals surface area contributed by atoms with E-state index < -0.39 is 0 Å². The molecule has 1 heterocycles. The Balaban J connectivity index is 1.53. The van der Waals surface area contributed by atoms with Crippen molar-refractivity contribution in [3.05, 3.63) is 89.7 Å². The Morgan fingerprint density at radius 1 is 0.786 bits per heavy atom. The smallest absolute Gasteiger partial charge is 0.146 e. The van der Waals surface area contributed by atoms with Crippen molar-refractivity contribution in [2.24, 2.45) is 0 Å². The molecule has 0 N–H and O–H groups in total. The Labute approximate surface area is 167 Å². The molecule has 0 aliphatic carbocycles. The van der Waals surface area contributed by atoms with Crippen LogP contribution in [0, 0.1) is 0 Å². The SMILES string of the molecule is O=CCc1ccc2cc(Oc3ccc(Oc4ccncc4)cc3Cl)ccc2c1. The maximum Gasteiger partial charge on any atom is 0.146 e. The molecule has 0 aliphatic rings. The molecule has 1 aromatic heterocycles. The van der Waals surface area contributed by atoms with Crippen molar-refractivity contribution in [3.8, 4) is 23.0 Å². The topological polar surface area (TPSA) is 48.4 Å². The molecular weight excluding hydrogens is 374 g/mol. The average molecular weight is 390 g/mol. The second kappa shape index (κ2) is 8.11. The molecule has 0 bridgehead atoms. The number of carbonyl (C=O) groups is 1. The number of benzene rings is 3. The highest BCUT2D eigenvalue weighted by Crippen LogP contribution is 2.35. The third kappa shape index (κ3) is 4.13. The number of ether oxygens (including phenoxy) is 2. The zero-order valence-corrected chi connectivity index (χ0v) is 15.6. The minimum absolute atomic E-state index is 0.414. The first kappa shape index (κ1) is 18.0. The summed E-state index contributed by atoms with van der Waals surface area (Å²) in [6, 6.07) is 20.5. The Kier molecular flexibility index (Phi) is 5.22. The van der Waals surface area contributed by atoms with Crippen LogP contribution in [0.4, 0.5) is 0 Å². The largest absolute Gasteiger partial charge is 0.457 e. The molecular formula is C23H16ClNO3. The van der Waals surface area contributed by atoms with Gasteiger partial charge in [-0.1, -0.05) is 35.9 Å². The summed E-state index contributed by atoms with van der Waals surface area (Å²) >= 11 is 6.37. The molecule has 4 aromatic rings. The van der Waals surface area contributed by atoms with Gasteiger partial charge in [-0.05, 0) is 52.7 Å². The Morgan fingerprint density at radius 2 is 1.50 bits per heavy atom. The van der Waals surface area contributed by atoms with Gasteiger partial charge in [-0.15, -0.1) is 0 Å². The van der Waals surface area contributed by atoms with Gasteiger partial charge in [0.25, 0.3) is 0 Å². The van der Waals surface area contributed by atoms with Gasteiger partial charge < -0.3 is 14.3 Å². The lowest BCUT2D eigenvalue weighted by Crippen LogP contribution is -1.89. The number of fused-ring (bicyclic) bond motifs is 1. The van der Waals surface area contributed by atoms with Gasteiger partial charge in [0.05, 0.1) is 5.02 Å². The lowest BCUT2D eigenvalue weighted by atomic mass is 10.1. The monoisotopic (exact) mass is 389 g/mol. The summed E-state index contributed by atoms with van der Waals surface area (Å²) in [5.74, 6) is 2.52. The average Bonchev–Trinajstić information content (AvgIpc) is 2.71. The molecule has 0 atom stereocenters. The van der Waals surface area contributed by atoms with Gasteiger partial charge in [-0.3, -0.25) is 4.98 Å². The summed E-state index contributed by atoms with van der Waals surface area (Å²) in [7, 11) is 0. The molecule has 5 heteroatoms. The lowest BCUT2D eigenvalue weighted by molar-refractivity contribution is -0.107. The van der Waals surface area contributed by atoms with Crippen molar-refractivity contribution < 1.29 is 14.3 Å². The van der Waals surface area contributed by atoms with Gasteiger partial charge in [-0.25, -0.2) is 0 Å². The maximum absolute atomic E-state index is 10.7. The number of carbonyl (C=O) groups excluding carboxylic acids is 1. The van der Waals surface area contributed by atoms with Crippen LogP contribution in [0.15, 0.2) is 79.1 Å². The molecule has 3 aromatic carbocycles. The summed E-state index contributed by atoms with van der Waals surface area (Å²) in [5, 5.41) is 2.53. The molecule has 0 amide bonds. The first-order valence-electron chi connectivity index (χ1n) is 8.73. The van der Waals surface area contributed by atoms with Crippen molar-refractivity contribution >= 4 is 28.7 Å². The van der Waals surface area contributed by atoms with Gasteiger partial charge in [-0.2, -0.15) is 0 Å². The zero-order chi connectivity index (χ0) is 19.3. The van der Waals surface area contributed by atoms with E-state index in [0.717, 1.165) is 22.6 Å². The minimum Gasteiger partial charge on any atom is -0.457 e. The number of hydrogen-bond acceptors (Lipinski definition) is 4. The van der Waals surface area contributed by atoms with Crippen molar-refractivity contribution in [1.29, 1.82) is 0 Å². The van der Waals surface area contributed by atoms with E-state index in [1.54, 1.807) is 42.7 Å². The summed E-state index contributed by atoms with van der Waals surface area (Å²) in [4.78, 5) is 14.6. The van der Waals surface area contributed by atoms with Gasteiger partial charge in [0.15, 0.2) is 0 Å². The number of nitrogens with zero attached hydrogens (tertiary/aromatic N) is 1. The van der Waals surface area contributed by atoms with Gasteiger partial charge in [0, 0.05) is 24.9 Å². The first-order chi connectivity index (χ1) is 13.7. The van der Waals surface area contributed by atoms with Gasteiger partial charge in [0.2, 0.25) is 0 Å². The van der Waals surface area contributed by atoms with E-state index >= 15 is 0 Å². The highest BCUT2D eigenvalue weighted by molar-refractivity contribution is 6.32. The lowest BCUT2D eigenvalue weighted by Gasteiger charge is -2.11. The first-order valence-corrected chi connectivity index (χ1v) is 9.11. The fourth-order valence-electron chi connectivity index (χ4n) is 2.86. The van der Waals surface area contributed by atoms with Crippen molar-refractivity contribution in [2.45, 2.75) is 6.42 Å². The molecule has 0 aliphatic heterocycles. The summed E-state index contributed by atoms with van der Waals surface area (Å²) in [6.45, 7) is 0. The predicted octanol–water partition coefficient (Wildman–Crippen LogP) is 6.21. The van der Waals surface area contributed by atoms with Crippen LogP contribution in [-0.2, 0) is 11.2 Å². The van der Waals surface area contributed by atoms with Crippen molar-refractivity contribution in [2.75, 3.05) is 0 Å². The molecule has 138 valence electrons. The molecule has 4 nitrogen and oxygen atoms in total. The summed E-state index contributed by atoms with van der Waals surface area (Å²) in [5.41, 5.74) is 0.990. The molecule has 0 spiro atoms. The van der Waals surface area contributed by atoms with E-state index in [1.165, 1.54) is 0 Å². The Bertz CT molecular complexity index is 1130. The van der Waals surface area contributed by atoms with Crippen molar-refractivity contribution in [1.82, 2.24) is 4.98 Å². The third-order valence-corrected chi connectivity index (χ3v) is 4.51. The number of pyridine rings is 1. The van der Waals surface area contributed by atoms with E-state index in [2.05, 4.69) is 4.98 Å². The number of halogens is 1. The quantitative estimate of drug-likeness (QED) is 0.367. The Hall–Kier alpha value is -3.37. The third-order valence-electron chi connectivity index (χ3n) is 4.21. The van der Waals surface area contributed by atoms with Crippen LogP contribution >= 0.6 is 11.6 Å². The van der Waals surface area contributed by atoms with E-state index in [0.29, 0.717) is 34.4 Å². The van der Waals surface area contributed by atoms with E-state index in [1.807, 2.05) is 36.4 Å². The highest BCUT2D eigenvalue weighted by atomic mass is 35.5. The zero-order valence-electron chi connectivity index (χ0n) is 14.8. The predicted molar refractivity (Wildman–Crippen MR) is 110 cm³/mol. The second-order valence-corrected chi connectivity index (χ2v) is 6.60. The number of hydrogen-bond donors (Lipinski definition) is 0. The van der Waals surface area contributed by atoms with Crippen LogP contribution in [-0.4, -0.2) is 11.3 Å². The second-order valence-electron chi connectivity index (χ2n) is 6.19. The normalized spacial score (nSPS) is 10.6. The Morgan fingerprint density at radius 3 is 2.29 bits per heavy atom. The van der Waals surface area contributed by atoms with E-state index in [-0.39, 0.29) is 0 Å². The molecule has 0 saturated heterocycles. The van der Waals surface area contributed by atoms with Crippen LogP contribution in [0.25, 0.3) is 10.8 Å². The fraction of sp³-hybridized carbons (Fsp3) is 0.0435. The highest BCUT2D eigenvalue weighted by Gasteiger charge is 2.07. The molecule has 0 saturated carbocycles. The fourth-order valence-corrected chi connectivity index (χ4v) is 3.07. The molecule has 4 rings (SSSR count). The van der Waals surface area contributed by atoms with Crippen molar-refractivity contribution in [3.63, 3.8) is 0 Å². The van der Waals surface area contributed by atoms with E-state index in [9.17, 15) is 4.79 Å². The number of rotatable bonds is 6. The number of aldehydes is 1. The summed E-state index contributed by atoms with van der Waals surface area (Å²) < 4.78 is 11.7. The van der Waals surface area contributed by atoms with Crippen LogP contribution in [0.5, 0.6) is 23.0 Å². The molecule has 28 heavy (non-hydrogen) atoms. The standard InChI is InChI=1S/C23H16ClNO3/c24-22-15-21(27-19-7-10-25-11-8-19)5-6-23(22)28-20-4-3-17-13-16(9-12-26)1-2-18(17)14-20/h1-8,10-15H,9H2. The van der Waals surface area contributed by atoms with Crippen LogP contribution in [0.2, 0.25) is 5.02 Å².